The van der Waals surface area contributed by atoms with Crippen molar-refractivity contribution in [2.24, 2.45) is 5.92 Å². The smallest absolute Gasteiger partial charge is 0.255 e. The number of benzene rings is 1. The van der Waals surface area contributed by atoms with Crippen LogP contribution in [0.1, 0.15) is 37.0 Å². The van der Waals surface area contributed by atoms with Gasteiger partial charge in [0.15, 0.2) is 0 Å². The zero-order valence-corrected chi connectivity index (χ0v) is 17.6. The summed E-state index contributed by atoms with van der Waals surface area (Å²) in [5.41, 5.74) is 0.513. The molecule has 1 saturated heterocycles. The molecule has 148 valence electrons. The molecule has 2 heterocycles. The summed E-state index contributed by atoms with van der Waals surface area (Å²) < 4.78 is 6.66. The molecule has 28 heavy (non-hydrogen) atoms. The summed E-state index contributed by atoms with van der Waals surface area (Å²) in [4.78, 5) is 30.8. The summed E-state index contributed by atoms with van der Waals surface area (Å²) in [5.74, 6) is 0.990. The Labute approximate surface area is 173 Å². The molecule has 7 heteroatoms. The van der Waals surface area contributed by atoms with Crippen LogP contribution >= 0.6 is 15.9 Å². The number of carbonyl (C=O) groups excluding carboxylic acids is 2. The fraction of sp³-hybridized carbons (Fsp3) is 0.381. The van der Waals surface area contributed by atoms with Crippen molar-refractivity contribution < 1.29 is 14.3 Å². The first-order valence-corrected chi connectivity index (χ1v) is 10.2. The molecule has 1 aliphatic rings. The predicted molar refractivity (Wildman–Crippen MR) is 110 cm³/mol. The molecule has 2 amide bonds. The van der Waals surface area contributed by atoms with Crippen molar-refractivity contribution in [1.82, 2.24) is 15.2 Å². The van der Waals surface area contributed by atoms with Gasteiger partial charge in [-0.2, -0.15) is 0 Å². The van der Waals surface area contributed by atoms with E-state index < -0.39 is 0 Å². The Morgan fingerprint density at radius 2 is 1.96 bits per heavy atom. The Kier molecular flexibility index (Phi) is 6.67. The molecule has 3 rings (SSSR count). The molecular formula is C21H24BrN3O3. The molecule has 6 nitrogen and oxygen atoms in total. The van der Waals surface area contributed by atoms with Crippen molar-refractivity contribution in [3.8, 4) is 11.6 Å². The van der Waals surface area contributed by atoms with Crippen LogP contribution in [0.15, 0.2) is 47.1 Å². The van der Waals surface area contributed by atoms with E-state index in [2.05, 4.69) is 26.2 Å². The van der Waals surface area contributed by atoms with Gasteiger partial charge in [0.1, 0.15) is 5.75 Å². The minimum atomic E-state index is -0.0776. The molecule has 1 N–H and O–H groups in total. The van der Waals surface area contributed by atoms with Gasteiger partial charge in [-0.3, -0.25) is 9.59 Å². The zero-order valence-electron chi connectivity index (χ0n) is 16.0. The normalized spacial score (nSPS) is 16.7. The van der Waals surface area contributed by atoms with Gasteiger partial charge in [-0.15, -0.1) is 0 Å². The number of nitrogens with zero attached hydrogens (tertiary/aromatic N) is 2. The van der Waals surface area contributed by atoms with Crippen LogP contribution in [0.4, 0.5) is 0 Å². The average Bonchev–Trinajstić information content (AvgIpc) is 2.70. The third-order valence-electron chi connectivity index (χ3n) is 4.60. The van der Waals surface area contributed by atoms with E-state index >= 15 is 0 Å². The second-order valence-electron chi connectivity index (χ2n) is 7.19. The quantitative estimate of drug-likeness (QED) is 0.754. The van der Waals surface area contributed by atoms with Crippen molar-refractivity contribution >= 4 is 27.7 Å². The highest BCUT2D eigenvalue weighted by Crippen LogP contribution is 2.22. The third-order valence-corrected chi connectivity index (χ3v) is 5.13. The second-order valence-corrected chi connectivity index (χ2v) is 8.11. The van der Waals surface area contributed by atoms with Gasteiger partial charge < -0.3 is 15.0 Å². The number of hydrogen-bond acceptors (Lipinski definition) is 4. The summed E-state index contributed by atoms with van der Waals surface area (Å²) in [6, 6.07) is 10.9. The number of pyridine rings is 1. The molecule has 0 bridgehead atoms. The van der Waals surface area contributed by atoms with Crippen molar-refractivity contribution in [2.45, 2.75) is 32.7 Å². The Balaban J connectivity index is 1.60. The van der Waals surface area contributed by atoms with E-state index in [9.17, 15) is 9.59 Å². The third kappa shape index (κ3) is 5.32. The molecule has 0 aliphatic carbocycles. The zero-order chi connectivity index (χ0) is 20.1. The Morgan fingerprint density at radius 1 is 1.21 bits per heavy atom. The van der Waals surface area contributed by atoms with E-state index in [0.717, 1.165) is 17.3 Å². The van der Waals surface area contributed by atoms with Crippen molar-refractivity contribution in [2.75, 3.05) is 13.1 Å². The molecule has 1 unspecified atom stereocenters. The van der Waals surface area contributed by atoms with E-state index in [4.69, 9.17) is 4.74 Å². The maximum atomic E-state index is 12.8. The maximum absolute atomic E-state index is 12.8. The van der Waals surface area contributed by atoms with Gasteiger partial charge in [0.2, 0.25) is 11.8 Å². The largest absolute Gasteiger partial charge is 0.439 e. The summed E-state index contributed by atoms with van der Waals surface area (Å²) in [6.07, 6.45) is 3.29. The lowest BCUT2D eigenvalue weighted by atomic mass is 10.0. The molecule has 0 spiro atoms. The van der Waals surface area contributed by atoms with E-state index in [1.165, 1.54) is 6.20 Å². The fourth-order valence-electron chi connectivity index (χ4n) is 3.02. The Morgan fingerprint density at radius 3 is 2.61 bits per heavy atom. The topological polar surface area (TPSA) is 71.5 Å². The van der Waals surface area contributed by atoms with Crippen LogP contribution in [0.25, 0.3) is 0 Å². The highest BCUT2D eigenvalue weighted by atomic mass is 79.9. The molecule has 1 aromatic carbocycles. The van der Waals surface area contributed by atoms with Gasteiger partial charge in [-0.25, -0.2) is 4.98 Å². The first-order valence-electron chi connectivity index (χ1n) is 9.41. The number of piperidine rings is 1. The molecule has 1 fully saturated rings. The van der Waals surface area contributed by atoms with Crippen LogP contribution in [0, 0.1) is 5.92 Å². The van der Waals surface area contributed by atoms with Gasteiger partial charge in [0.05, 0.1) is 5.56 Å². The van der Waals surface area contributed by atoms with Gasteiger partial charge in [0, 0.05) is 41.8 Å². The summed E-state index contributed by atoms with van der Waals surface area (Å²) in [7, 11) is 0. The lowest BCUT2D eigenvalue weighted by Crippen LogP contribution is -2.50. The number of rotatable bonds is 5. The van der Waals surface area contributed by atoms with Crippen molar-refractivity contribution in [3.63, 3.8) is 0 Å². The number of likely N-dealkylation sites (tertiary alicyclic amines) is 1. The molecule has 0 radical (unpaired) electrons. The molecule has 1 atom stereocenters. The van der Waals surface area contributed by atoms with Gasteiger partial charge in [-0.05, 0) is 43.2 Å². The number of hydrogen-bond donors (Lipinski definition) is 1. The van der Waals surface area contributed by atoms with Crippen LogP contribution in [-0.2, 0) is 4.79 Å². The maximum Gasteiger partial charge on any atom is 0.255 e. The standard InChI is InChI=1S/C21H24BrN3O3/c1-14(2)20(26)24-17-4-3-11-25(13-17)21(27)15-5-10-19(23-12-15)28-18-8-6-16(22)7-9-18/h5-10,12,14,17H,3-4,11,13H2,1-2H3,(H,24,26). The van der Waals surface area contributed by atoms with Gasteiger partial charge >= 0.3 is 0 Å². The SMILES string of the molecule is CC(C)C(=O)NC1CCCN(C(=O)c2ccc(Oc3ccc(Br)cc3)nc2)C1. The fourth-order valence-corrected chi connectivity index (χ4v) is 3.28. The minimum Gasteiger partial charge on any atom is -0.439 e. The Bertz CT molecular complexity index is 822. The van der Waals surface area contributed by atoms with Crippen LogP contribution in [-0.4, -0.2) is 40.8 Å². The van der Waals surface area contributed by atoms with Crippen LogP contribution in [0.3, 0.4) is 0 Å². The first kappa shape index (κ1) is 20.3. The van der Waals surface area contributed by atoms with Crippen LogP contribution in [0.5, 0.6) is 11.6 Å². The van der Waals surface area contributed by atoms with E-state index in [1.54, 1.807) is 17.0 Å². The summed E-state index contributed by atoms with van der Waals surface area (Å²) >= 11 is 3.38. The van der Waals surface area contributed by atoms with Crippen LogP contribution in [0.2, 0.25) is 0 Å². The van der Waals surface area contributed by atoms with Crippen molar-refractivity contribution in [1.29, 1.82) is 0 Å². The number of halogens is 1. The number of ether oxygens (including phenoxy) is 1. The lowest BCUT2D eigenvalue weighted by molar-refractivity contribution is -0.125. The van der Waals surface area contributed by atoms with Gasteiger partial charge in [-0.1, -0.05) is 29.8 Å². The molecule has 2 aromatic rings. The van der Waals surface area contributed by atoms with Crippen LogP contribution < -0.4 is 10.1 Å². The second kappa shape index (κ2) is 9.19. The van der Waals surface area contributed by atoms with E-state index in [1.807, 2.05) is 38.1 Å². The lowest BCUT2D eigenvalue weighted by Gasteiger charge is -2.33. The molecule has 1 aromatic heterocycles. The van der Waals surface area contributed by atoms with Crippen molar-refractivity contribution in [3.05, 3.63) is 52.6 Å². The monoisotopic (exact) mass is 445 g/mol. The molecular weight excluding hydrogens is 422 g/mol. The Hall–Kier alpha value is -2.41. The average molecular weight is 446 g/mol. The minimum absolute atomic E-state index is 0.000528. The molecule has 1 aliphatic heterocycles. The number of carbonyl (C=O) groups is 2. The number of nitrogens with one attached hydrogen (secondary N) is 1. The predicted octanol–water partition coefficient (Wildman–Crippen LogP) is 4.01. The highest BCUT2D eigenvalue weighted by molar-refractivity contribution is 9.10. The van der Waals surface area contributed by atoms with E-state index in [0.29, 0.717) is 30.3 Å². The molecule has 0 saturated carbocycles. The first-order chi connectivity index (χ1) is 13.4. The summed E-state index contributed by atoms with van der Waals surface area (Å²) in [6.45, 7) is 4.94. The summed E-state index contributed by atoms with van der Waals surface area (Å²) in [5, 5.41) is 3.02. The van der Waals surface area contributed by atoms with E-state index in [-0.39, 0.29) is 23.8 Å². The van der Waals surface area contributed by atoms with Gasteiger partial charge in [0.25, 0.3) is 5.91 Å². The number of aromatic nitrogens is 1. The number of amides is 2. The highest BCUT2D eigenvalue weighted by Gasteiger charge is 2.26.